The molecule has 1 aliphatic rings. The first-order valence-electron chi connectivity index (χ1n) is 6.09. The molecule has 0 aliphatic heterocycles. The molecule has 2 rings (SSSR count). The number of aliphatic hydroxyl groups excluding tert-OH is 1. The fourth-order valence-electron chi connectivity index (χ4n) is 2.87. The smallest absolute Gasteiger partial charge is 0.0682 e. The highest BCUT2D eigenvalue weighted by molar-refractivity contribution is 7.10. The van der Waals surface area contributed by atoms with E-state index in [0.29, 0.717) is 6.54 Å². The monoisotopic (exact) mass is 239 g/mol. The van der Waals surface area contributed by atoms with Crippen molar-refractivity contribution < 1.29 is 5.11 Å². The van der Waals surface area contributed by atoms with Crippen LogP contribution in [0.2, 0.25) is 0 Å². The van der Waals surface area contributed by atoms with Crippen molar-refractivity contribution in [1.29, 1.82) is 0 Å². The SMILES string of the molecule is CC1(C(O)C(CN)c2cccs2)CCCC1. The minimum atomic E-state index is -0.293. The lowest BCUT2D eigenvalue weighted by molar-refractivity contribution is 0.0221. The summed E-state index contributed by atoms with van der Waals surface area (Å²) in [7, 11) is 0. The molecule has 1 aromatic heterocycles. The average molecular weight is 239 g/mol. The molecule has 0 aromatic carbocycles. The van der Waals surface area contributed by atoms with Gasteiger partial charge in [-0.05, 0) is 29.7 Å². The molecule has 2 unspecified atom stereocenters. The lowest BCUT2D eigenvalue weighted by Gasteiger charge is -2.35. The van der Waals surface area contributed by atoms with Crippen molar-refractivity contribution in [2.24, 2.45) is 11.1 Å². The van der Waals surface area contributed by atoms with Gasteiger partial charge in [-0.15, -0.1) is 11.3 Å². The van der Waals surface area contributed by atoms with Crippen molar-refractivity contribution in [3.63, 3.8) is 0 Å². The van der Waals surface area contributed by atoms with Gasteiger partial charge >= 0.3 is 0 Å². The summed E-state index contributed by atoms with van der Waals surface area (Å²) in [6.07, 6.45) is 4.47. The third-order valence-corrected chi connectivity index (χ3v) is 5.01. The molecule has 0 saturated heterocycles. The quantitative estimate of drug-likeness (QED) is 0.848. The standard InChI is InChI=1S/C13H21NOS/c1-13(6-2-3-7-13)12(15)10(9-14)11-5-4-8-16-11/h4-5,8,10,12,15H,2-3,6-7,9,14H2,1H3. The van der Waals surface area contributed by atoms with Gasteiger partial charge in [-0.25, -0.2) is 0 Å². The Labute approximate surface area is 101 Å². The van der Waals surface area contributed by atoms with Crippen LogP contribution < -0.4 is 5.73 Å². The molecule has 0 bridgehead atoms. The molecular weight excluding hydrogens is 218 g/mol. The van der Waals surface area contributed by atoms with Crippen molar-refractivity contribution >= 4 is 11.3 Å². The number of hydrogen-bond donors (Lipinski definition) is 2. The van der Waals surface area contributed by atoms with Gasteiger partial charge in [0.25, 0.3) is 0 Å². The number of aliphatic hydroxyl groups is 1. The molecule has 0 radical (unpaired) electrons. The molecule has 1 aliphatic carbocycles. The van der Waals surface area contributed by atoms with Crippen molar-refractivity contribution in [3.8, 4) is 0 Å². The lowest BCUT2D eigenvalue weighted by atomic mass is 9.76. The number of thiophene rings is 1. The Balaban J connectivity index is 2.15. The minimum Gasteiger partial charge on any atom is -0.392 e. The van der Waals surface area contributed by atoms with Gasteiger partial charge in [-0.1, -0.05) is 25.8 Å². The molecule has 90 valence electrons. The first-order chi connectivity index (χ1) is 7.67. The normalized spacial score (nSPS) is 23.2. The van der Waals surface area contributed by atoms with E-state index in [-0.39, 0.29) is 17.4 Å². The van der Waals surface area contributed by atoms with Gasteiger partial charge in [0.15, 0.2) is 0 Å². The molecular formula is C13H21NOS. The fourth-order valence-corrected chi connectivity index (χ4v) is 3.74. The Morgan fingerprint density at radius 2 is 2.19 bits per heavy atom. The molecule has 1 saturated carbocycles. The van der Waals surface area contributed by atoms with E-state index in [4.69, 9.17) is 5.73 Å². The summed E-state index contributed by atoms with van der Waals surface area (Å²) in [5.74, 6) is 0.114. The van der Waals surface area contributed by atoms with E-state index in [9.17, 15) is 5.11 Å². The summed E-state index contributed by atoms with van der Waals surface area (Å²) in [5, 5.41) is 12.6. The van der Waals surface area contributed by atoms with Crippen LogP contribution in [0.25, 0.3) is 0 Å². The van der Waals surface area contributed by atoms with E-state index in [0.717, 1.165) is 12.8 Å². The van der Waals surface area contributed by atoms with Gasteiger partial charge in [0, 0.05) is 17.3 Å². The Morgan fingerprint density at radius 3 is 2.69 bits per heavy atom. The predicted molar refractivity (Wildman–Crippen MR) is 68.7 cm³/mol. The molecule has 0 amide bonds. The van der Waals surface area contributed by atoms with Crippen LogP contribution in [0.3, 0.4) is 0 Å². The number of rotatable bonds is 4. The fraction of sp³-hybridized carbons (Fsp3) is 0.692. The largest absolute Gasteiger partial charge is 0.392 e. The molecule has 2 atom stereocenters. The zero-order valence-corrected chi connectivity index (χ0v) is 10.7. The maximum atomic E-state index is 10.6. The number of nitrogens with two attached hydrogens (primary N) is 1. The second kappa shape index (κ2) is 4.86. The summed E-state index contributed by atoms with van der Waals surface area (Å²) >= 11 is 1.70. The van der Waals surface area contributed by atoms with E-state index in [1.165, 1.54) is 17.7 Å². The van der Waals surface area contributed by atoms with Crippen LogP contribution in [-0.2, 0) is 0 Å². The molecule has 3 N–H and O–H groups in total. The van der Waals surface area contributed by atoms with Gasteiger partial charge in [-0.3, -0.25) is 0 Å². The molecule has 3 heteroatoms. The van der Waals surface area contributed by atoms with Crippen molar-refractivity contribution in [2.45, 2.75) is 44.6 Å². The molecule has 1 heterocycles. The average Bonchev–Trinajstić information content (AvgIpc) is 2.91. The molecule has 2 nitrogen and oxygen atoms in total. The van der Waals surface area contributed by atoms with Crippen LogP contribution in [0, 0.1) is 5.41 Å². The van der Waals surface area contributed by atoms with Crippen molar-refractivity contribution in [3.05, 3.63) is 22.4 Å². The second-order valence-electron chi connectivity index (χ2n) is 5.16. The maximum Gasteiger partial charge on any atom is 0.0682 e. The Morgan fingerprint density at radius 1 is 1.50 bits per heavy atom. The summed E-state index contributed by atoms with van der Waals surface area (Å²) in [5.41, 5.74) is 5.92. The topological polar surface area (TPSA) is 46.2 Å². The summed E-state index contributed by atoms with van der Waals surface area (Å²) in [6, 6.07) is 4.12. The number of hydrogen-bond acceptors (Lipinski definition) is 3. The first kappa shape index (κ1) is 12.1. The Kier molecular flexibility index (Phi) is 3.67. The van der Waals surface area contributed by atoms with Crippen LogP contribution >= 0.6 is 11.3 Å². The van der Waals surface area contributed by atoms with E-state index in [1.807, 2.05) is 6.07 Å². The zero-order chi connectivity index (χ0) is 11.6. The van der Waals surface area contributed by atoms with Gasteiger partial charge < -0.3 is 10.8 Å². The van der Waals surface area contributed by atoms with Crippen molar-refractivity contribution in [1.82, 2.24) is 0 Å². The molecule has 1 aromatic rings. The van der Waals surface area contributed by atoms with Gasteiger partial charge in [0.05, 0.1) is 6.10 Å². The van der Waals surface area contributed by atoms with Crippen LogP contribution in [0.1, 0.15) is 43.4 Å². The molecule has 0 spiro atoms. The Bertz CT molecular complexity index is 317. The lowest BCUT2D eigenvalue weighted by Crippen LogP contribution is -2.38. The highest BCUT2D eigenvalue weighted by Crippen LogP contribution is 2.45. The van der Waals surface area contributed by atoms with Crippen LogP contribution in [0.15, 0.2) is 17.5 Å². The minimum absolute atomic E-state index is 0.0774. The Hall–Kier alpha value is -0.380. The maximum absolute atomic E-state index is 10.6. The molecule has 1 fully saturated rings. The van der Waals surface area contributed by atoms with Gasteiger partial charge in [0.1, 0.15) is 0 Å². The van der Waals surface area contributed by atoms with Crippen LogP contribution in [-0.4, -0.2) is 17.8 Å². The van der Waals surface area contributed by atoms with Gasteiger partial charge in [0.2, 0.25) is 0 Å². The summed E-state index contributed by atoms with van der Waals surface area (Å²) in [4.78, 5) is 1.23. The van der Waals surface area contributed by atoms with Gasteiger partial charge in [-0.2, -0.15) is 0 Å². The van der Waals surface area contributed by atoms with E-state index in [2.05, 4.69) is 18.4 Å². The third-order valence-electron chi connectivity index (χ3n) is 4.00. The summed E-state index contributed by atoms with van der Waals surface area (Å²) in [6.45, 7) is 2.75. The first-order valence-corrected chi connectivity index (χ1v) is 6.97. The van der Waals surface area contributed by atoms with E-state index >= 15 is 0 Å². The second-order valence-corrected chi connectivity index (χ2v) is 6.14. The van der Waals surface area contributed by atoms with E-state index in [1.54, 1.807) is 11.3 Å². The van der Waals surface area contributed by atoms with Crippen LogP contribution in [0.5, 0.6) is 0 Å². The van der Waals surface area contributed by atoms with Crippen molar-refractivity contribution in [2.75, 3.05) is 6.54 Å². The highest BCUT2D eigenvalue weighted by Gasteiger charge is 2.40. The predicted octanol–water partition coefficient (Wildman–Crippen LogP) is 2.73. The third kappa shape index (κ3) is 2.17. The highest BCUT2D eigenvalue weighted by atomic mass is 32.1. The van der Waals surface area contributed by atoms with E-state index < -0.39 is 0 Å². The summed E-state index contributed by atoms with van der Waals surface area (Å²) < 4.78 is 0. The van der Waals surface area contributed by atoms with Crippen LogP contribution in [0.4, 0.5) is 0 Å². The zero-order valence-electron chi connectivity index (χ0n) is 9.86. The molecule has 16 heavy (non-hydrogen) atoms.